The van der Waals surface area contributed by atoms with Crippen LogP contribution in [0.1, 0.15) is 37.5 Å². The molecule has 0 unspecified atom stereocenters. The molecule has 0 saturated carbocycles. The van der Waals surface area contributed by atoms with Gasteiger partial charge in [0, 0.05) is 5.39 Å². The topological polar surface area (TPSA) is 135 Å². The molecule has 3 aromatic carbocycles. The Labute approximate surface area is 194 Å². The largest absolute Gasteiger partial charge is 0.478 e. The van der Waals surface area contributed by atoms with Crippen molar-refractivity contribution in [3.8, 4) is 6.07 Å². The number of fused-ring (bicyclic) bond motifs is 1. The molecule has 0 bridgehead atoms. The number of carboxylic acids is 1. The van der Waals surface area contributed by atoms with Crippen LogP contribution in [-0.2, 0) is 11.2 Å². The summed E-state index contributed by atoms with van der Waals surface area (Å²) in [5, 5.41) is 24.6. The minimum Gasteiger partial charge on any atom is -0.478 e. The maximum Gasteiger partial charge on any atom is 0.337 e. The lowest BCUT2D eigenvalue weighted by atomic mass is 10.1. The van der Waals surface area contributed by atoms with E-state index in [1.54, 1.807) is 24.3 Å². The fraction of sp³-hybridized carbons (Fsp3) is 0.0769. The molecule has 0 aliphatic carbocycles. The van der Waals surface area contributed by atoms with Crippen LogP contribution in [0.4, 0.5) is 11.4 Å². The number of H-pyrrole nitrogens is 1. The number of hydrogen-bond donors (Lipinski definition) is 4. The van der Waals surface area contributed by atoms with Gasteiger partial charge >= 0.3 is 5.97 Å². The summed E-state index contributed by atoms with van der Waals surface area (Å²) in [6.45, 7) is 1.96. The summed E-state index contributed by atoms with van der Waals surface area (Å²) in [4.78, 5) is 40.0. The first-order valence-electron chi connectivity index (χ1n) is 10.4. The molecule has 4 aromatic rings. The van der Waals surface area contributed by atoms with Gasteiger partial charge < -0.3 is 20.7 Å². The van der Waals surface area contributed by atoms with E-state index in [2.05, 4.69) is 15.6 Å². The first kappa shape index (κ1) is 22.3. The van der Waals surface area contributed by atoms with Crippen molar-refractivity contribution in [2.75, 3.05) is 10.6 Å². The third-order valence-corrected chi connectivity index (χ3v) is 5.25. The molecule has 1 aromatic heterocycles. The molecule has 0 spiro atoms. The second kappa shape index (κ2) is 9.30. The zero-order valence-electron chi connectivity index (χ0n) is 18.2. The predicted molar refractivity (Wildman–Crippen MR) is 128 cm³/mol. The van der Waals surface area contributed by atoms with Crippen LogP contribution >= 0.6 is 0 Å². The summed E-state index contributed by atoms with van der Waals surface area (Å²) >= 11 is 0. The second-order valence-corrected chi connectivity index (χ2v) is 7.80. The van der Waals surface area contributed by atoms with Gasteiger partial charge in [-0.15, -0.1) is 0 Å². The SMILES string of the molecule is Cc1cccc(CC(=O)Nc2cccc3cc(C(=O)Nc4ccc(C#N)cc4C(=O)O)[nH]c23)c1. The molecule has 0 radical (unpaired) electrons. The van der Waals surface area contributed by atoms with E-state index in [0.29, 0.717) is 16.6 Å². The third kappa shape index (κ3) is 4.79. The number of aryl methyl sites for hydroxylation is 1. The molecular weight excluding hydrogens is 432 g/mol. The Bertz CT molecular complexity index is 1480. The Balaban J connectivity index is 1.56. The number of para-hydroxylation sites is 1. The molecule has 8 nitrogen and oxygen atoms in total. The number of carboxylic acid groups (broad SMARTS) is 1. The minimum absolute atomic E-state index is 0.0711. The van der Waals surface area contributed by atoms with Crippen LogP contribution in [0.2, 0.25) is 0 Å². The molecule has 8 heteroatoms. The van der Waals surface area contributed by atoms with E-state index in [1.165, 1.54) is 18.2 Å². The number of rotatable bonds is 6. The number of anilines is 2. The fourth-order valence-corrected chi connectivity index (χ4v) is 3.67. The number of nitrogens with one attached hydrogen (secondary N) is 3. The van der Waals surface area contributed by atoms with Gasteiger partial charge in [0.2, 0.25) is 5.91 Å². The van der Waals surface area contributed by atoms with E-state index in [0.717, 1.165) is 11.1 Å². The molecule has 0 aliphatic rings. The van der Waals surface area contributed by atoms with Gasteiger partial charge in [-0.3, -0.25) is 9.59 Å². The normalized spacial score (nSPS) is 10.5. The zero-order valence-corrected chi connectivity index (χ0v) is 18.2. The maximum atomic E-state index is 12.8. The number of carbonyl (C=O) groups excluding carboxylic acids is 2. The van der Waals surface area contributed by atoms with E-state index in [1.807, 2.05) is 37.3 Å². The van der Waals surface area contributed by atoms with E-state index in [9.17, 15) is 19.5 Å². The molecule has 2 amide bonds. The lowest BCUT2D eigenvalue weighted by Crippen LogP contribution is -2.16. The van der Waals surface area contributed by atoms with Crippen LogP contribution in [0.25, 0.3) is 10.9 Å². The number of hydrogen-bond acceptors (Lipinski definition) is 4. The molecule has 0 fully saturated rings. The lowest BCUT2D eigenvalue weighted by molar-refractivity contribution is -0.115. The van der Waals surface area contributed by atoms with Crippen molar-refractivity contribution in [3.05, 3.63) is 94.7 Å². The standard InChI is InChI=1S/C26H20N4O4/c1-15-4-2-5-16(10-15)12-23(31)28-21-7-3-6-18-13-22(29-24(18)21)25(32)30-20-9-8-17(14-27)11-19(20)26(33)34/h2-11,13,29H,12H2,1H3,(H,28,31)(H,30,32)(H,33,34). The quantitative estimate of drug-likeness (QED) is 0.342. The van der Waals surface area contributed by atoms with Gasteiger partial charge in [0.25, 0.3) is 5.91 Å². The zero-order chi connectivity index (χ0) is 24.2. The monoisotopic (exact) mass is 452 g/mol. The summed E-state index contributed by atoms with van der Waals surface area (Å²) in [7, 11) is 0. The summed E-state index contributed by atoms with van der Waals surface area (Å²) in [6.07, 6.45) is 0.211. The number of aromatic carboxylic acids is 1. The highest BCUT2D eigenvalue weighted by Crippen LogP contribution is 2.25. The first-order valence-corrected chi connectivity index (χ1v) is 10.4. The van der Waals surface area contributed by atoms with Gasteiger partial charge in [-0.25, -0.2) is 4.79 Å². The number of amides is 2. The minimum atomic E-state index is -1.26. The van der Waals surface area contributed by atoms with Crippen LogP contribution in [0, 0.1) is 18.3 Å². The van der Waals surface area contributed by atoms with Crippen molar-refractivity contribution < 1.29 is 19.5 Å². The average molecular weight is 452 g/mol. The second-order valence-electron chi connectivity index (χ2n) is 7.80. The molecule has 0 saturated heterocycles. The van der Waals surface area contributed by atoms with Gasteiger partial charge in [-0.2, -0.15) is 5.26 Å². The predicted octanol–water partition coefficient (Wildman–Crippen LogP) is 4.48. The lowest BCUT2D eigenvalue weighted by Gasteiger charge is -2.08. The number of aromatic nitrogens is 1. The summed E-state index contributed by atoms with van der Waals surface area (Å²) in [6, 6.07) is 20.5. The number of nitriles is 1. The highest BCUT2D eigenvalue weighted by atomic mass is 16.4. The molecule has 4 rings (SSSR count). The molecule has 4 N–H and O–H groups in total. The molecule has 0 atom stereocenters. The van der Waals surface area contributed by atoms with E-state index in [4.69, 9.17) is 5.26 Å². The van der Waals surface area contributed by atoms with Gasteiger partial charge in [0.05, 0.1) is 40.5 Å². The van der Waals surface area contributed by atoms with Crippen molar-refractivity contribution in [2.45, 2.75) is 13.3 Å². The number of benzene rings is 3. The van der Waals surface area contributed by atoms with E-state index in [-0.39, 0.29) is 34.8 Å². The van der Waals surface area contributed by atoms with Crippen LogP contribution in [0.5, 0.6) is 0 Å². The Hall–Kier alpha value is -4.90. The summed E-state index contributed by atoms with van der Waals surface area (Å²) in [5.74, 6) is -2.01. The smallest absolute Gasteiger partial charge is 0.337 e. The number of aromatic amines is 1. The summed E-state index contributed by atoms with van der Waals surface area (Å²) < 4.78 is 0. The van der Waals surface area contributed by atoms with Crippen molar-refractivity contribution in [2.24, 2.45) is 0 Å². The first-order chi connectivity index (χ1) is 16.3. The van der Waals surface area contributed by atoms with E-state index >= 15 is 0 Å². The maximum absolute atomic E-state index is 12.8. The highest BCUT2D eigenvalue weighted by Gasteiger charge is 2.17. The number of nitrogens with zero attached hydrogens (tertiary/aromatic N) is 1. The molecule has 34 heavy (non-hydrogen) atoms. The van der Waals surface area contributed by atoms with Gasteiger partial charge in [-0.05, 0) is 42.8 Å². The van der Waals surface area contributed by atoms with Crippen LogP contribution in [0.15, 0.2) is 66.7 Å². The van der Waals surface area contributed by atoms with Crippen LogP contribution in [0.3, 0.4) is 0 Å². The number of carbonyl (C=O) groups is 3. The van der Waals surface area contributed by atoms with Gasteiger partial charge in [0.15, 0.2) is 0 Å². The Morgan fingerprint density at radius 1 is 0.971 bits per heavy atom. The van der Waals surface area contributed by atoms with Crippen molar-refractivity contribution in [3.63, 3.8) is 0 Å². The van der Waals surface area contributed by atoms with Crippen molar-refractivity contribution in [1.29, 1.82) is 5.26 Å². The van der Waals surface area contributed by atoms with Crippen molar-refractivity contribution >= 4 is 40.1 Å². The van der Waals surface area contributed by atoms with E-state index < -0.39 is 11.9 Å². The molecule has 168 valence electrons. The highest BCUT2D eigenvalue weighted by molar-refractivity contribution is 6.10. The van der Waals surface area contributed by atoms with Crippen molar-refractivity contribution in [1.82, 2.24) is 4.98 Å². The summed E-state index contributed by atoms with van der Waals surface area (Å²) in [5.41, 5.74) is 3.31. The molecular formula is C26H20N4O4. The third-order valence-electron chi connectivity index (χ3n) is 5.25. The average Bonchev–Trinajstić information content (AvgIpc) is 3.25. The Kier molecular flexibility index (Phi) is 6.10. The fourth-order valence-electron chi connectivity index (χ4n) is 3.67. The Morgan fingerprint density at radius 3 is 2.50 bits per heavy atom. The Morgan fingerprint density at radius 2 is 1.76 bits per heavy atom. The van der Waals surface area contributed by atoms with Gasteiger partial charge in [-0.1, -0.05) is 42.0 Å². The van der Waals surface area contributed by atoms with Crippen LogP contribution < -0.4 is 10.6 Å². The molecule has 1 heterocycles. The van der Waals surface area contributed by atoms with Gasteiger partial charge in [0.1, 0.15) is 5.69 Å². The molecule has 0 aliphatic heterocycles. The van der Waals surface area contributed by atoms with Crippen LogP contribution in [-0.4, -0.2) is 27.9 Å².